The Morgan fingerprint density at radius 2 is 0.774 bits per heavy atom. The number of aliphatic hydroxyl groups is 2. The van der Waals surface area contributed by atoms with Gasteiger partial charge in [0.15, 0.2) is 0 Å². The van der Waals surface area contributed by atoms with E-state index in [2.05, 4.69) is 31.3 Å². The van der Waals surface area contributed by atoms with Crippen molar-refractivity contribution in [2.75, 3.05) is 13.2 Å². The molecular formula is C56H109NO5. The second-order valence-electron chi connectivity index (χ2n) is 19.3. The topological polar surface area (TPSA) is 95.9 Å². The highest BCUT2D eigenvalue weighted by Gasteiger charge is 2.20. The van der Waals surface area contributed by atoms with Gasteiger partial charge in [0.2, 0.25) is 5.91 Å². The molecule has 0 saturated carbocycles. The summed E-state index contributed by atoms with van der Waals surface area (Å²) in [6.45, 7) is 4.89. The Kier molecular flexibility index (Phi) is 51.0. The molecule has 368 valence electrons. The van der Waals surface area contributed by atoms with Gasteiger partial charge in [0.25, 0.3) is 0 Å². The first kappa shape index (κ1) is 60.6. The van der Waals surface area contributed by atoms with Crippen molar-refractivity contribution in [2.45, 2.75) is 321 Å². The minimum atomic E-state index is -0.694. The summed E-state index contributed by atoms with van der Waals surface area (Å²) in [7, 11) is 0. The quantitative estimate of drug-likeness (QED) is 0.0321. The number of aliphatic hydroxyl groups excluding tert-OH is 2. The third-order valence-electron chi connectivity index (χ3n) is 13.1. The van der Waals surface area contributed by atoms with Crippen LogP contribution in [0.15, 0.2) is 12.2 Å². The van der Waals surface area contributed by atoms with Crippen LogP contribution in [-0.2, 0) is 14.3 Å². The number of nitrogens with one attached hydrogen (secondary N) is 1. The molecular weight excluding hydrogens is 767 g/mol. The summed E-state index contributed by atoms with van der Waals surface area (Å²) >= 11 is 0. The van der Waals surface area contributed by atoms with E-state index in [9.17, 15) is 19.8 Å². The second kappa shape index (κ2) is 52.2. The summed E-state index contributed by atoms with van der Waals surface area (Å²) in [5, 5.41) is 23.2. The number of ether oxygens (including phenoxy) is 1. The second-order valence-corrected chi connectivity index (χ2v) is 19.3. The molecule has 0 aliphatic rings. The fraction of sp³-hybridized carbons (Fsp3) is 0.929. The number of carbonyl (C=O) groups excluding carboxylic acids is 2. The van der Waals surface area contributed by atoms with Crippen LogP contribution in [0, 0.1) is 0 Å². The van der Waals surface area contributed by atoms with Crippen molar-refractivity contribution in [3.63, 3.8) is 0 Å². The molecule has 0 heterocycles. The normalized spacial score (nSPS) is 12.6. The predicted molar refractivity (Wildman–Crippen MR) is 269 cm³/mol. The molecule has 0 aromatic carbocycles. The zero-order valence-electron chi connectivity index (χ0n) is 41.9. The Hall–Kier alpha value is -1.40. The molecule has 6 nitrogen and oxygen atoms in total. The van der Waals surface area contributed by atoms with Gasteiger partial charge in [0, 0.05) is 12.8 Å². The minimum absolute atomic E-state index is 0.0313. The number of hydrogen-bond acceptors (Lipinski definition) is 5. The summed E-state index contributed by atoms with van der Waals surface area (Å²) in [6.07, 6.45) is 60.6. The zero-order valence-corrected chi connectivity index (χ0v) is 41.9. The van der Waals surface area contributed by atoms with Crippen LogP contribution in [0.3, 0.4) is 0 Å². The lowest BCUT2D eigenvalue weighted by atomic mass is 10.0. The Balaban J connectivity index is 3.51. The molecule has 0 aliphatic heterocycles. The van der Waals surface area contributed by atoms with Crippen molar-refractivity contribution in [1.82, 2.24) is 5.32 Å². The van der Waals surface area contributed by atoms with Crippen molar-refractivity contribution in [3.05, 3.63) is 12.2 Å². The lowest BCUT2D eigenvalue weighted by Crippen LogP contribution is -2.45. The highest BCUT2D eigenvalue weighted by molar-refractivity contribution is 5.76. The van der Waals surface area contributed by atoms with Crippen LogP contribution in [0.5, 0.6) is 0 Å². The van der Waals surface area contributed by atoms with Gasteiger partial charge >= 0.3 is 5.97 Å². The number of amides is 1. The van der Waals surface area contributed by atoms with E-state index in [0.29, 0.717) is 25.9 Å². The Morgan fingerprint density at radius 3 is 1.18 bits per heavy atom. The summed E-state index contributed by atoms with van der Waals surface area (Å²) in [6, 6.07) is -0.578. The lowest BCUT2D eigenvalue weighted by molar-refractivity contribution is -0.143. The smallest absolute Gasteiger partial charge is 0.305 e. The van der Waals surface area contributed by atoms with E-state index in [4.69, 9.17) is 4.74 Å². The van der Waals surface area contributed by atoms with Crippen molar-refractivity contribution in [1.29, 1.82) is 0 Å². The van der Waals surface area contributed by atoms with Crippen LogP contribution < -0.4 is 5.32 Å². The van der Waals surface area contributed by atoms with E-state index in [1.54, 1.807) is 0 Å². The molecule has 0 aromatic rings. The van der Waals surface area contributed by atoms with E-state index in [0.717, 1.165) is 70.6 Å². The molecule has 0 rings (SSSR count). The fourth-order valence-electron chi connectivity index (χ4n) is 8.76. The molecule has 0 spiro atoms. The van der Waals surface area contributed by atoms with Crippen LogP contribution in [0.25, 0.3) is 0 Å². The van der Waals surface area contributed by atoms with Crippen LogP contribution >= 0.6 is 0 Å². The van der Waals surface area contributed by atoms with Crippen molar-refractivity contribution >= 4 is 11.9 Å². The molecule has 62 heavy (non-hydrogen) atoms. The number of esters is 1. The molecule has 0 saturated heterocycles. The van der Waals surface area contributed by atoms with Crippen LogP contribution in [0.1, 0.15) is 309 Å². The SMILES string of the molecule is CCCCCCCCCCCCCCCCCCCCCCC(O)C(CO)NC(=O)CCC/C=C\CCCCCCOC(=O)CCCCCCCCCCCCCCCCCC. The van der Waals surface area contributed by atoms with Gasteiger partial charge in [-0.15, -0.1) is 0 Å². The standard InChI is InChI=1S/C56H109NO5/c1-3-5-7-9-11-13-15-17-19-21-22-23-24-25-27-29-32-36-40-44-48-54(59)53(52-58)57-55(60)49-45-41-37-33-31-35-39-43-47-51-62-56(61)50-46-42-38-34-30-28-26-20-18-16-14-12-10-8-6-4-2/h33,37,53-54,58-59H,3-32,34-36,38-52H2,1-2H3,(H,57,60)/b37-33-. The molecule has 0 radical (unpaired) electrons. The van der Waals surface area contributed by atoms with Gasteiger partial charge in [-0.05, 0) is 44.9 Å². The molecule has 2 atom stereocenters. The number of unbranched alkanes of at least 4 members (excludes halogenated alkanes) is 39. The first-order chi connectivity index (χ1) is 30.5. The Labute approximate surface area is 387 Å². The van der Waals surface area contributed by atoms with Gasteiger partial charge in [-0.2, -0.15) is 0 Å². The van der Waals surface area contributed by atoms with Gasteiger partial charge in [-0.3, -0.25) is 9.59 Å². The van der Waals surface area contributed by atoms with E-state index < -0.39 is 12.1 Å². The van der Waals surface area contributed by atoms with Gasteiger partial charge in [-0.25, -0.2) is 0 Å². The molecule has 0 bridgehead atoms. The summed E-state index contributed by atoms with van der Waals surface area (Å²) < 4.78 is 5.45. The van der Waals surface area contributed by atoms with E-state index in [1.807, 2.05) is 0 Å². The largest absolute Gasteiger partial charge is 0.466 e. The fourth-order valence-corrected chi connectivity index (χ4v) is 8.76. The first-order valence-corrected chi connectivity index (χ1v) is 27.9. The van der Waals surface area contributed by atoms with Gasteiger partial charge in [0.1, 0.15) is 0 Å². The highest BCUT2D eigenvalue weighted by Crippen LogP contribution is 2.17. The third kappa shape index (κ3) is 48.1. The highest BCUT2D eigenvalue weighted by atomic mass is 16.5. The van der Waals surface area contributed by atoms with Gasteiger partial charge < -0.3 is 20.3 Å². The monoisotopic (exact) mass is 876 g/mol. The number of rotatable bonds is 52. The average Bonchev–Trinajstić information content (AvgIpc) is 3.27. The van der Waals surface area contributed by atoms with Gasteiger partial charge in [-0.1, -0.05) is 264 Å². The van der Waals surface area contributed by atoms with Crippen molar-refractivity contribution in [3.8, 4) is 0 Å². The third-order valence-corrected chi connectivity index (χ3v) is 13.1. The molecule has 1 amide bonds. The Bertz CT molecular complexity index is 924. The predicted octanol–water partition coefficient (Wildman–Crippen LogP) is 16.9. The molecule has 0 fully saturated rings. The minimum Gasteiger partial charge on any atom is -0.466 e. The Morgan fingerprint density at radius 1 is 0.435 bits per heavy atom. The van der Waals surface area contributed by atoms with Crippen LogP contribution in [-0.4, -0.2) is 47.4 Å². The molecule has 3 N–H and O–H groups in total. The van der Waals surface area contributed by atoms with E-state index >= 15 is 0 Å². The maximum absolute atomic E-state index is 12.5. The average molecular weight is 876 g/mol. The number of allylic oxidation sites excluding steroid dienone is 2. The number of carbonyl (C=O) groups is 2. The van der Waals surface area contributed by atoms with Crippen LogP contribution in [0.4, 0.5) is 0 Å². The van der Waals surface area contributed by atoms with Crippen LogP contribution in [0.2, 0.25) is 0 Å². The summed E-state index contributed by atoms with van der Waals surface area (Å²) in [5.74, 6) is -0.123. The molecule has 6 heteroatoms. The van der Waals surface area contributed by atoms with Crippen molar-refractivity contribution in [2.24, 2.45) is 0 Å². The number of hydrogen-bond donors (Lipinski definition) is 3. The lowest BCUT2D eigenvalue weighted by Gasteiger charge is -2.22. The zero-order chi connectivity index (χ0) is 45.1. The summed E-state index contributed by atoms with van der Waals surface area (Å²) in [4.78, 5) is 24.5. The first-order valence-electron chi connectivity index (χ1n) is 27.9. The maximum Gasteiger partial charge on any atom is 0.305 e. The molecule has 0 aliphatic carbocycles. The molecule has 0 aromatic heterocycles. The summed E-state index contributed by atoms with van der Waals surface area (Å²) in [5.41, 5.74) is 0. The van der Waals surface area contributed by atoms with E-state index in [1.165, 1.54) is 205 Å². The maximum atomic E-state index is 12.5. The van der Waals surface area contributed by atoms with Gasteiger partial charge in [0.05, 0.1) is 25.4 Å². The van der Waals surface area contributed by atoms with E-state index in [-0.39, 0.29) is 18.5 Å². The van der Waals surface area contributed by atoms with Crippen molar-refractivity contribution < 1.29 is 24.5 Å². The molecule has 2 unspecified atom stereocenters.